The van der Waals surface area contributed by atoms with Crippen molar-refractivity contribution in [3.05, 3.63) is 41.4 Å². The molecule has 3 rings (SSSR count). The van der Waals surface area contributed by atoms with E-state index in [0.717, 1.165) is 49.0 Å². The Morgan fingerprint density at radius 2 is 2.05 bits per heavy atom. The van der Waals surface area contributed by atoms with Gasteiger partial charge in [-0.2, -0.15) is 0 Å². The second kappa shape index (κ2) is 7.38. The minimum absolute atomic E-state index is 0.613. The average Bonchev–Trinajstić information content (AvgIpc) is 3.05. The van der Waals surface area contributed by atoms with E-state index >= 15 is 0 Å². The van der Waals surface area contributed by atoms with Crippen molar-refractivity contribution in [1.82, 2.24) is 9.88 Å². The molecule has 116 valence electrons. The topological polar surface area (TPSA) is 63.7 Å². The van der Waals surface area contributed by atoms with Crippen molar-refractivity contribution in [1.29, 1.82) is 0 Å². The summed E-state index contributed by atoms with van der Waals surface area (Å²) in [7, 11) is 0. The van der Waals surface area contributed by atoms with E-state index < -0.39 is 0 Å². The molecule has 0 aliphatic carbocycles. The number of rotatable bonds is 4. The summed E-state index contributed by atoms with van der Waals surface area (Å²) in [6, 6.07) is 10.2. The van der Waals surface area contributed by atoms with E-state index in [9.17, 15) is 0 Å². The monoisotopic (exact) mass is 316 g/mol. The van der Waals surface area contributed by atoms with Crippen LogP contribution in [0.5, 0.6) is 0 Å². The number of aliphatic imine (C=N–C) groups is 1. The fourth-order valence-electron chi connectivity index (χ4n) is 2.31. The SMILES string of the molecule is NC(=NCCc1csc(-c2ccccc2)n1)N1CCOCC1. The second-order valence-corrected chi connectivity index (χ2v) is 5.96. The van der Waals surface area contributed by atoms with Crippen molar-refractivity contribution >= 4 is 17.3 Å². The zero-order valence-corrected chi connectivity index (χ0v) is 13.3. The van der Waals surface area contributed by atoms with Crippen LogP contribution in [0.3, 0.4) is 0 Å². The number of ether oxygens (including phenoxy) is 1. The Labute approximate surface area is 134 Å². The first-order valence-electron chi connectivity index (χ1n) is 7.45. The number of guanidine groups is 1. The van der Waals surface area contributed by atoms with E-state index in [1.807, 2.05) is 18.2 Å². The molecule has 2 N–H and O–H groups in total. The Hall–Kier alpha value is -1.92. The van der Waals surface area contributed by atoms with Crippen LogP contribution in [0.25, 0.3) is 10.6 Å². The van der Waals surface area contributed by atoms with Gasteiger partial charge in [0.1, 0.15) is 5.01 Å². The largest absolute Gasteiger partial charge is 0.378 e. The quantitative estimate of drug-likeness (QED) is 0.692. The molecule has 1 aliphatic heterocycles. The summed E-state index contributed by atoms with van der Waals surface area (Å²) in [6.45, 7) is 3.76. The van der Waals surface area contributed by atoms with Crippen molar-refractivity contribution in [3.8, 4) is 10.6 Å². The van der Waals surface area contributed by atoms with Gasteiger partial charge in [-0.3, -0.25) is 4.99 Å². The molecule has 0 unspecified atom stereocenters. The molecule has 0 atom stereocenters. The maximum Gasteiger partial charge on any atom is 0.191 e. The molecule has 22 heavy (non-hydrogen) atoms. The fraction of sp³-hybridized carbons (Fsp3) is 0.375. The molecule has 1 aliphatic rings. The molecule has 5 nitrogen and oxygen atoms in total. The Morgan fingerprint density at radius 3 is 2.82 bits per heavy atom. The van der Waals surface area contributed by atoms with Gasteiger partial charge in [0.2, 0.25) is 0 Å². The van der Waals surface area contributed by atoms with Gasteiger partial charge >= 0.3 is 0 Å². The van der Waals surface area contributed by atoms with E-state index in [1.165, 1.54) is 0 Å². The molecule has 0 bridgehead atoms. The van der Waals surface area contributed by atoms with Crippen molar-refractivity contribution < 1.29 is 4.74 Å². The van der Waals surface area contributed by atoms with E-state index in [4.69, 9.17) is 10.5 Å². The number of nitrogens with two attached hydrogens (primary N) is 1. The normalized spacial score (nSPS) is 16.0. The van der Waals surface area contributed by atoms with Crippen LogP contribution in [0.1, 0.15) is 5.69 Å². The third kappa shape index (κ3) is 3.84. The van der Waals surface area contributed by atoms with Crippen molar-refractivity contribution in [2.75, 3.05) is 32.8 Å². The fourth-order valence-corrected chi connectivity index (χ4v) is 3.17. The highest BCUT2D eigenvalue weighted by molar-refractivity contribution is 7.13. The Morgan fingerprint density at radius 1 is 1.27 bits per heavy atom. The van der Waals surface area contributed by atoms with Crippen LogP contribution in [0.15, 0.2) is 40.7 Å². The smallest absolute Gasteiger partial charge is 0.191 e. The summed E-state index contributed by atoms with van der Waals surface area (Å²) in [4.78, 5) is 11.2. The van der Waals surface area contributed by atoms with Crippen LogP contribution in [-0.4, -0.2) is 48.7 Å². The second-order valence-electron chi connectivity index (χ2n) is 5.10. The molecule has 6 heteroatoms. The lowest BCUT2D eigenvalue weighted by Gasteiger charge is -2.27. The minimum atomic E-state index is 0.613. The minimum Gasteiger partial charge on any atom is -0.378 e. The molecule has 0 saturated carbocycles. The maximum absolute atomic E-state index is 6.01. The summed E-state index contributed by atoms with van der Waals surface area (Å²) in [5, 5.41) is 3.16. The Kier molecular flexibility index (Phi) is 5.03. The summed E-state index contributed by atoms with van der Waals surface area (Å²) < 4.78 is 5.31. The van der Waals surface area contributed by atoms with E-state index in [2.05, 4.69) is 32.4 Å². The van der Waals surface area contributed by atoms with Gasteiger partial charge in [-0.05, 0) is 0 Å². The van der Waals surface area contributed by atoms with Crippen LogP contribution in [0, 0.1) is 0 Å². The van der Waals surface area contributed by atoms with Gasteiger partial charge < -0.3 is 15.4 Å². The molecular weight excluding hydrogens is 296 g/mol. The first kappa shape index (κ1) is 15.0. The maximum atomic E-state index is 6.01. The van der Waals surface area contributed by atoms with Crippen molar-refractivity contribution in [3.63, 3.8) is 0 Å². The van der Waals surface area contributed by atoms with Crippen LogP contribution in [-0.2, 0) is 11.2 Å². The molecular formula is C16H20N4OS. The predicted octanol–water partition coefficient (Wildman–Crippen LogP) is 2.00. The summed E-state index contributed by atoms with van der Waals surface area (Å²) in [5.74, 6) is 0.613. The van der Waals surface area contributed by atoms with Gasteiger partial charge in [0.25, 0.3) is 0 Å². The first-order chi connectivity index (χ1) is 10.8. The molecule has 2 aromatic rings. The van der Waals surface area contributed by atoms with E-state index in [0.29, 0.717) is 12.5 Å². The Balaban J connectivity index is 1.55. The molecule has 0 radical (unpaired) electrons. The molecule has 1 aromatic carbocycles. The summed E-state index contributed by atoms with van der Waals surface area (Å²) in [5.41, 5.74) is 8.25. The number of hydrogen-bond donors (Lipinski definition) is 1. The van der Waals surface area contributed by atoms with E-state index in [1.54, 1.807) is 11.3 Å². The number of morpholine rings is 1. The zero-order chi connectivity index (χ0) is 15.2. The molecule has 0 spiro atoms. The van der Waals surface area contributed by atoms with Gasteiger partial charge in [0, 0.05) is 37.0 Å². The van der Waals surface area contributed by atoms with E-state index in [-0.39, 0.29) is 0 Å². The molecule has 0 amide bonds. The van der Waals surface area contributed by atoms with Crippen LogP contribution >= 0.6 is 11.3 Å². The molecule has 2 heterocycles. The zero-order valence-electron chi connectivity index (χ0n) is 12.4. The predicted molar refractivity (Wildman–Crippen MR) is 90.1 cm³/mol. The van der Waals surface area contributed by atoms with Gasteiger partial charge in [-0.1, -0.05) is 30.3 Å². The number of aromatic nitrogens is 1. The van der Waals surface area contributed by atoms with Crippen molar-refractivity contribution in [2.24, 2.45) is 10.7 Å². The highest BCUT2D eigenvalue weighted by Crippen LogP contribution is 2.23. The van der Waals surface area contributed by atoms with Gasteiger partial charge in [0.15, 0.2) is 5.96 Å². The lowest BCUT2D eigenvalue weighted by Crippen LogP contribution is -2.44. The number of hydrogen-bond acceptors (Lipinski definition) is 4. The molecule has 1 fully saturated rings. The number of thiazole rings is 1. The summed E-state index contributed by atoms with van der Waals surface area (Å²) >= 11 is 1.67. The van der Waals surface area contributed by atoms with Gasteiger partial charge in [-0.15, -0.1) is 11.3 Å². The third-order valence-electron chi connectivity index (χ3n) is 3.55. The first-order valence-corrected chi connectivity index (χ1v) is 8.33. The number of nitrogens with zero attached hydrogens (tertiary/aromatic N) is 3. The third-order valence-corrected chi connectivity index (χ3v) is 4.49. The van der Waals surface area contributed by atoms with Crippen LogP contribution < -0.4 is 5.73 Å². The van der Waals surface area contributed by atoms with Gasteiger partial charge in [0.05, 0.1) is 18.9 Å². The van der Waals surface area contributed by atoms with Crippen LogP contribution in [0.4, 0.5) is 0 Å². The molecule has 1 aromatic heterocycles. The highest BCUT2D eigenvalue weighted by atomic mass is 32.1. The van der Waals surface area contributed by atoms with Crippen molar-refractivity contribution in [2.45, 2.75) is 6.42 Å². The Bertz CT molecular complexity index is 620. The lowest BCUT2D eigenvalue weighted by atomic mass is 10.2. The highest BCUT2D eigenvalue weighted by Gasteiger charge is 2.12. The van der Waals surface area contributed by atoms with Gasteiger partial charge in [-0.25, -0.2) is 4.98 Å². The van der Waals surface area contributed by atoms with Crippen LogP contribution in [0.2, 0.25) is 0 Å². The summed E-state index contributed by atoms with van der Waals surface area (Å²) in [6.07, 6.45) is 0.814. The lowest BCUT2D eigenvalue weighted by molar-refractivity contribution is 0.0674. The average molecular weight is 316 g/mol. The standard InChI is InChI=1S/C16H20N4OS/c17-16(20-8-10-21-11-9-20)18-7-6-14-12-22-15(19-14)13-4-2-1-3-5-13/h1-5,12H,6-11H2,(H2,17,18). The number of benzene rings is 1. The molecule has 1 saturated heterocycles.